The van der Waals surface area contributed by atoms with Crippen LogP contribution in [0.2, 0.25) is 0 Å². The lowest BCUT2D eigenvalue weighted by Crippen LogP contribution is -1.98. The molecule has 0 unspecified atom stereocenters. The van der Waals surface area contributed by atoms with Gasteiger partial charge in [-0.05, 0) is 6.42 Å². The molecule has 2 rings (SSSR count). The van der Waals surface area contributed by atoms with Crippen LogP contribution in [-0.4, -0.2) is 18.0 Å². The molecule has 2 nitrogen and oxygen atoms in total. The maximum absolute atomic E-state index is 10.5. The van der Waals surface area contributed by atoms with Crippen LogP contribution in [0.25, 0.3) is 0 Å². The Morgan fingerprint density at radius 3 is 2.71 bits per heavy atom. The number of ether oxygens (including phenoxy) is 1. The summed E-state index contributed by atoms with van der Waals surface area (Å²) in [6, 6.07) is 0. The summed E-state index contributed by atoms with van der Waals surface area (Å²) in [5, 5.41) is 0. The summed E-state index contributed by atoms with van der Waals surface area (Å²) in [5.74, 6) is 0.310. The Hall–Kier alpha value is -0.370. The topological polar surface area (TPSA) is 29.6 Å². The van der Waals surface area contributed by atoms with Crippen molar-refractivity contribution in [1.82, 2.24) is 0 Å². The van der Waals surface area contributed by atoms with E-state index >= 15 is 0 Å². The zero-order valence-electron chi connectivity index (χ0n) is 3.89. The highest BCUT2D eigenvalue weighted by atomic mass is 16.6. The third kappa shape index (κ3) is 0.347. The first-order chi connectivity index (χ1) is 3.38. The Labute approximate surface area is 41.5 Å². The smallest absolute Gasteiger partial charge is 0.164 e. The SMILES string of the molecule is O=C1CC[C@H]2O[C@@H]12. The van der Waals surface area contributed by atoms with E-state index in [0.717, 1.165) is 12.8 Å². The van der Waals surface area contributed by atoms with Gasteiger partial charge < -0.3 is 4.74 Å². The van der Waals surface area contributed by atoms with Crippen LogP contribution >= 0.6 is 0 Å². The standard InChI is InChI=1S/C5H6O2/c6-3-1-2-4-5(3)7-4/h4-5H,1-2H2/t4-,5+/m1/s1. The Kier molecular flexibility index (Phi) is 0.460. The van der Waals surface area contributed by atoms with Crippen molar-refractivity contribution in [3.63, 3.8) is 0 Å². The number of hydrogen-bond donors (Lipinski definition) is 0. The Balaban J connectivity index is 2.21. The molecule has 1 aliphatic heterocycles. The average Bonchev–Trinajstić information content (AvgIpc) is 2.33. The first-order valence-electron chi connectivity index (χ1n) is 2.56. The average molecular weight is 98.1 g/mol. The number of ketones is 1. The van der Waals surface area contributed by atoms with Crippen molar-refractivity contribution in [3.8, 4) is 0 Å². The van der Waals surface area contributed by atoms with E-state index in [1.54, 1.807) is 0 Å². The van der Waals surface area contributed by atoms with E-state index in [-0.39, 0.29) is 6.10 Å². The van der Waals surface area contributed by atoms with Crippen LogP contribution in [0.4, 0.5) is 0 Å². The highest BCUT2D eigenvalue weighted by molar-refractivity contribution is 5.88. The molecule has 1 saturated heterocycles. The number of Topliss-reactive ketones (excluding diaryl/α,β-unsaturated/α-hetero) is 1. The third-order valence-electron chi connectivity index (χ3n) is 1.58. The predicted molar refractivity (Wildman–Crippen MR) is 22.9 cm³/mol. The summed E-state index contributed by atoms with van der Waals surface area (Å²) >= 11 is 0. The van der Waals surface area contributed by atoms with Gasteiger partial charge in [0.2, 0.25) is 0 Å². The fourth-order valence-corrected chi connectivity index (χ4v) is 1.07. The molecule has 0 N–H and O–H groups in total. The molecule has 2 atom stereocenters. The minimum atomic E-state index is 0.0417. The van der Waals surface area contributed by atoms with E-state index < -0.39 is 0 Å². The normalized spacial score (nSPS) is 46.6. The Bertz CT molecular complexity index is 119. The number of hydrogen-bond acceptors (Lipinski definition) is 2. The van der Waals surface area contributed by atoms with Gasteiger partial charge in [-0.2, -0.15) is 0 Å². The molecule has 0 aromatic heterocycles. The highest BCUT2D eigenvalue weighted by Gasteiger charge is 2.49. The van der Waals surface area contributed by atoms with Crippen molar-refractivity contribution in [2.24, 2.45) is 0 Å². The number of epoxide rings is 1. The number of rotatable bonds is 0. The van der Waals surface area contributed by atoms with Gasteiger partial charge in [-0.15, -0.1) is 0 Å². The van der Waals surface area contributed by atoms with E-state index in [4.69, 9.17) is 4.74 Å². The lowest BCUT2D eigenvalue weighted by molar-refractivity contribution is -0.119. The van der Waals surface area contributed by atoms with Gasteiger partial charge >= 0.3 is 0 Å². The van der Waals surface area contributed by atoms with Crippen molar-refractivity contribution in [3.05, 3.63) is 0 Å². The molecule has 1 aliphatic carbocycles. The van der Waals surface area contributed by atoms with Gasteiger partial charge in [-0.25, -0.2) is 0 Å². The molecular weight excluding hydrogens is 92.1 g/mol. The van der Waals surface area contributed by atoms with E-state index in [9.17, 15) is 4.79 Å². The quantitative estimate of drug-likeness (QED) is 0.403. The monoisotopic (exact) mass is 98.0 g/mol. The van der Waals surface area contributed by atoms with Crippen LogP contribution in [-0.2, 0) is 9.53 Å². The maximum atomic E-state index is 10.5. The Morgan fingerprint density at radius 2 is 2.57 bits per heavy atom. The van der Waals surface area contributed by atoms with Gasteiger partial charge in [-0.1, -0.05) is 0 Å². The molecule has 2 aliphatic rings. The molecule has 1 saturated carbocycles. The second-order valence-electron chi connectivity index (χ2n) is 2.10. The van der Waals surface area contributed by atoms with Crippen molar-refractivity contribution in [1.29, 1.82) is 0 Å². The van der Waals surface area contributed by atoms with Crippen molar-refractivity contribution >= 4 is 5.78 Å². The van der Waals surface area contributed by atoms with E-state index in [2.05, 4.69) is 0 Å². The van der Waals surface area contributed by atoms with Gasteiger partial charge in [-0.3, -0.25) is 4.79 Å². The molecule has 0 aromatic rings. The number of fused-ring (bicyclic) bond motifs is 1. The molecular formula is C5H6O2. The van der Waals surface area contributed by atoms with E-state index in [1.165, 1.54) is 0 Å². The fraction of sp³-hybridized carbons (Fsp3) is 0.800. The van der Waals surface area contributed by atoms with Crippen LogP contribution in [0.1, 0.15) is 12.8 Å². The number of carbonyl (C=O) groups excluding carboxylic acids is 1. The van der Waals surface area contributed by atoms with Gasteiger partial charge in [0.1, 0.15) is 6.10 Å². The van der Waals surface area contributed by atoms with Crippen molar-refractivity contribution in [2.45, 2.75) is 25.0 Å². The maximum Gasteiger partial charge on any atom is 0.164 e. The summed E-state index contributed by atoms with van der Waals surface area (Å²) in [4.78, 5) is 10.5. The van der Waals surface area contributed by atoms with Crippen LogP contribution in [0.15, 0.2) is 0 Å². The second-order valence-corrected chi connectivity index (χ2v) is 2.10. The number of carbonyl (C=O) groups is 1. The highest BCUT2D eigenvalue weighted by Crippen LogP contribution is 2.35. The summed E-state index contributed by atoms with van der Waals surface area (Å²) in [7, 11) is 0. The van der Waals surface area contributed by atoms with Crippen LogP contribution in [0.5, 0.6) is 0 Å². The molecule has 1 heterocycles. The zero-order valence-corrected chi connectivity index (χ0v) is 3.89. The molecule has 0 radical (unpaired) electrons. The molecule has 2 fully saturated rings. The van der Waals surface area contributed by atoms with Gasteiger partial charge in [0.25, 0.3) is 0 Å². The minimum absolute atomic E-state index is 0.0417. The van der Waals surface area contributed by atoms with Gasteiger partial charge in [0.05, 0.1) is 6.10 Å². The second kappa shape index (κ2) is 0.892. The predicted octanol–water partition coefficient (Wildman–Crippen LogP) is 0.117. The largest absolute Gasteiger partial charge is 0.361 e. The summed E-state index contributed by atoms with van der Waals surface area (Å²) < 4.78 is 4.92. The fourth-order valence-electron chi connectivity index (χ4n) is 1.07. The molecule has 0 bridgehead atoms. The van der Waals surface area contributed by atoms with Crippen LogP contribution in [0, 0.1) is 0 Å². The molecule has 2 heteroatoms. The minimum Gasteiger partial charge on any atom is -0.361 e. The van der Waals surface area contributed by atoms with E-state index in [1.807, 2.05) is 0 Å². The molecule has 0 aromatic carbocycles. The van der Waals surface area contributed by atoms with Gasteiger partial charge in [0, 0.05) is 6.42 Å². The van der Waals surface area contributed by atoms with Crippen LogP contribution in [0.3, 0.4) is 0 Å². The lowest BCUT2D eigenvalue weighted by Gasteiger charge is -1.82. The van der Waals surface area contributed by atoms with Crippen molar-refractivity contribution in [2.75, 3.05) is 0 Å². The first kappa shape index (κ1) is 3.61. The molecule has 0 amide bonds. The van der Waals surface area contributed by atoms with Crippen LogP contribution < -0.4 is 0 Å². The van der Waals surface area contributed by atoms with Gasteiger partial charge in [0.15, 0.2) is 5.78 Å². The Morgan fingerprint density at radius 1 is 1.71 bits per heavy atom. The third-order valence-corrected chi connectivity index (χ3v) is 1.58. The van der Waals surface area contributed by atoms with Crippen molar-refractivity contribution < 1.29 is 9.53 Å². The summed E-state index contributed by atoms with van der Waals surface area (Å²) in [6.07, 6.45) is 2.12. The zero-order chi connectivity index (χ0) is 4.85. The summed E-state index contributed by atoms with van der Waals surface area (Å²) in [6.45, 7) is 0. The molecule has 7 heavy (non-hydrogen) atoms. The lowest BCUT2D eigenvalue weighted by atomic mass is 10.3. The molecule has 38 valence electrons. The molecule has 0 spiro atoms. The summed E-state index contributed by atoms with van der Waals surface area (Å²) in [5.41, 5.74) is 0. The first-order valence-corrected chi connectivity index (χ1v) is 2.56. The van der Waals surface area contributed by atoms with E-state index in [0.29, 0.717) is 11.9 Å².